The largest absolute Gasteiger partial charge is 0.352 e. The summed E-state index contributed by atoms with van der Waals surface area (Å²) in [5.74, 6) is 0.347. The Hall–Kier alpha value is -1.89. The van der Waals surface area contributed by atoms with Gasteiger partial charge >= 0.3 is 0 Å². The molecular formula is C30H30Cl4N2O2S. The standard InChI is InChI=1S/C30H30Cl4N2O2S/c31-22-14-13-21(27(34)16-22)18-39-19-29(37)36(17-24-25(32)11-6-12-26(24)33)28(15-20-7-2-1-3-8-20)30(38)35-23-9-4-5-10-23/h1-3,6-8,11-14,16,23,28H,4-5,9-10,15,17-19H2,(H,35,38)/t28-/m1/s1. The Kier molecular flexibility index (Phi) is 11.3. The van der Waals surface area contributed by atoms with Crippen LogP contribution in [0.25, 0.3) is 0 Å². The predicted molar refractivity (Wildman–Crippen MR) is 164 cm³/mol. The lowest BCUT2D eigenvalue weighted by Crippen LogP contribution is -2.52. The number of carbonyl (C=O) groups is 2. The van der Waals surface area contributed by atoms with Gasteiger partial charge in [0.15, 0.2) is 0 Å². The molecule has 1 aliphatic rings. The molecule has 4 nitrogen and oxygen atoms in total. The van der Waals surface area contributed by atoms with Gasteiger partial charge in [0.25, 0.3) is 0 Å². The van der Waals surface area contributed by atoms with E-state index in [4.69, 9.17) is 46.4 Å². The Morgan fingerprint density at radius 3 is 2.26 bits per heavy atom. The van der Waals surface area contributed by atoms with Gasteiger partial charge in [0, 0.05) is 50.4 Å². The fourth-order valence-corrected chi connectivity index (χ4v) is 6.73. The molecule has 1 fully saturated rings. The minimum Gasteiger partial charge on any atom is -0.352 e. The maximum absolute atomic E-state index is 13.9. The summed E-state index contributed by atoms with van der Waals surface area (Å²) < 4.78 is 0. The molecule has 1 N–H and O–H groups in total. The normalized spacial score (nSPS) is 14.3. The van der Waals surface area contributed by atoms with Crippen LogP contribution < -0.4 is 5.32 Å². The van der Waals surface area contributed by atoms with Gasteiger partial charge in [-0.05, 0) is 48.2 Å². The molecule has 0 aromatic heterocycles. The fraction of sp³-hybridized carbons (Fsp3) is 0.333. The molecule has 2 amide bonds. The summed E-state index contributed by atoms with van der Waals surface area (Å²) in [5, 5.41) is 5.23. The van der Waals surface area contributed by atoms with Crippen molar-refractivity contribution in [2.24, 2.45) is 0 Å². The molecule has 0 unspecified atom stereocenters. The first-order chi connectivity index (χ1) is 18.8. The van der Waals surface area contributed by atoms with Crippen LogP contribution in [0.15, 0.2) is 66.7 Å². The van der Waals surface area contributed by atoms with E-state index < -0.39 is 6.04 Å². The molecule has 0 spiro atoms. The van der Waals surface area contributed by atoms with Crippen LogP contribution in [0.3, 0.4) is 0 Å². The molecule has 0 saturated heterocycles. The summed E-state index contributed by atoms with van der Waals surface area (Å²) in [5.41, 5.74) is 2.47. The predicted octanol–water partition coefficient (Wildman–Crippen LogP) is 8.23. The lowest BCUT2D eigenvalue weighted by atomic mass is 10.0. The van der Waals surface area contributed by atoms with E-state index in [0.29, 0.717) is 37.8 Å². The van der Waals surface area contributed by atoms with E-state index in [-0.39, 0.29) is 30.2 Å². The molecular weight excluding hydrogens is 594 g/mol. The molecule has 0 heterocycles. The van der Waals surface area contributed by atoms with Gasteiger partial charge in [0.2, 0.25) is 11.8 Å². The monoisotopic (exact) mass is 622 g/mol. The SMILES string of the molecule is O=C(NC1CCCC1)[C@@H](Cc1ccccc1)N(Cc1c(Cl)cccc1Cl)C(=O)CSCc1ccc(Cl)cc1Cl. The Morgan fingerprint density at radius 2 is 1.59 bits per heavy atom. The van der Waals surface area contributed by atoms with Gasteiger partial charge in [-0.25, -0.2) is 0 Å². The van der Waals surface area contributed by atoms with Crippen LogP contribution in [0.2, 0.25) is 20.1 Å². The van der Waals surface area contributed by atoms with Crippen LogP contribution in [-0.4, -0.2) is 34.6 Å². The highest BCUT2D eigenvalue weighted by Crippen LogP contribution is 2.29. The molecule has 0 radical (unpaired) electrons. The van der Waals surface area contributed by atoms with Gasteiger partial charge in [0.1, 0.15) is 6.04 Å². The van der Waals surface area contributed by atoms with Crippen LogP contribution in [0.1, 0.15) is 42.4 Å². The Morgan fingerprint density at radius 1 is 0.897 bits per heavy atom. The van der Waals surface area contributed by atoms with Crippen molar-refractivity contribution in [1.82, 2.24) is 10.2 Å². The number of amides is 2. The average Bonchev–Trinajstić information content (AvgIpc) is 3.42. The van der Waals surface area contributed by atoms with Crippen molar-refractivity contribution in [3.8, 4) is 0 Å². The summed E-state index contributed by atoms with van der Waals surface area (Å²) >= 11 is 26.8. The van der Waals surface area contributed by atoms with E-state index in [1.54, 1.807) is 35.2 Å². The third-order valence-corrected chi connectivity index (χ3v) is 9.12. The summed E-state index contributed by atoms with van der Waals surface area (Å²) in [6.07, 6.45) is 4.46. The minimum atomic E-state index is -0.729. The third kappa shape index (κ3) is 8.55. The van der Waals surface area contributed by atoms with Gasteiger partial charge in [-0.2, -0.15) is 0 Å². The maximum atomic E-state index is 13.9. The Balaban J connectivity index is 1.60. The zero-order valence-electron chi connectivity index (χ0n) is 21.3. The van der Waals surface area contributed by atoms with Crippen LogP contribution in [0.4, 0.5) is 0 Å². The fourth-order valence-electron chi connectivity index (χ4n) is 4.75. The zero-order valence-corrected chi connectivity index (χ0v) is 25.2. The second kappa shape index (κ2) is 14.7. The first-order valence-corrected chi connectivity index (χ1v) is 15.6. The summed E-state index contributed by atoms with van der Waals surface area (Å²) in [7, 11) is 0. The molecule has 0 aliphatic heterocycles. The van der Waals surface area contributed by atoms with E-state index >= 15 is 0 Å². The molecule has 0 bridgehead atoms. The molecule has 3 aromatic carbocycles. The lowest BCUT2D eigenvalue weighted by Gasteiger charge is -2.33. The quantitative estimate of drug-likeness (QED) is 0.234. The second-order valence-electron chi connectivity index (χ2n) is 9.65. The molecule has 1 saturated carbocycles. The van der Waals surface area contributed by atoms with Gasteiger partial charge < -0.3 is 10.2 Å². The highest BCUT2D eigenvalue weighted by molar-refractivity contribution is 7.99. The Bertz CT molecular complexity index is 1260. The molecule has 9 heteroatoms. The van der Waals surface area contributed by atoms with Crippen molar-refractivity contribution >= 4 is 70.0 Å². The summed E-state index contributed by atoms with van der Waals surface area (Å²) in [6, 6.07) is 19.7. The van der Waals surface area contributed by atoms with E-state index in [9.17, 15) is 9.59 Å². The average molecular weight is 624 g/mol. The van der Waals surface area contributed by atoms with Crippen molar-refractivity contribution < 1.29 is 9.59 Å². The first kappa shape index (κ1) is 30.1. The number of rotatable bonds is 11. The summed E-state index contributed by atoms with van der Waals surface area (Å²) in [4.78, 5) is 29.3. The number of hydrogen-bond acceptors (Lipinski definition) is 3. The van der Waals surface area contributed by atoms with Crippen LogP contribution in [-0.2, 0) is 28.3 Å². The van der Waals surface area contributed by atoms with Crippen molar-refractivity contribution in [2.45, 2.75) is 56.5 Å². The van der Waals surface area contributed by atoms with Crippen molar-refractivity contribution in [3.63, 3.8) is 0 Å². The van der Waals surface area contributed by atoms with Gasteiger partial charge in [-0.3, -0.25) is 9.59 Å². The van der Waals surface area contributed by atoms with E-state index in [1.165, 1.54) is 11.8 Å². The first-order valence-electron chi connectivity index (χ1n) is 12.9. The number of halogens is 4. The number of carbonyl (C=O) groups excluding carboxylic acids is 2. The second-order valence-corrected chi connectivity index (χ2v) is 12.3. The third-order valence-electron chi connectivity index (χ3n) is 6.86. The van der Waals surface area contributed by atoms with Gasteiger partial charge in [-0.15, -0.1) is 11.8 Å². The maximum Gasteiger partial charge on any atom is 0.243 e. The highest BCUT2D eigenvalue weighted by atomic mass is 35.5. The molecule has 206 valence electrons. The van der Waals surface area contributed by atoms with Gasteiger partial charge in [-0.1, -0.05) is 102 Å². The zero-order chi connectivity index (χ0) is 27.8. The van der Waals surface area contributed by atoms with Crippen molar-refractivity contribution in [1.29, 1.82) is 0 Å². The van der Waals surface area contributed by atoms with E-state index in [2.05, 4.69) is 5.32 Å². The molecule has 1 aliphatic carbocycles. The number of thioether (sulfide) groups is 1. The van der Waals surface area contributed by atoms with E-state index in [1.807, 2.05) is 36.4 Å². The molecule has 1 atom stereocenters. The number of nitrogens with one attached hydrogen (secondary N) is 1. The topological polar surface area (TPSA) is 49.4 Å². The molecule has 3 aromatic rings. The number of benzene rings is 3. The Labute approximate surface area is 254 Å². The van der Waals surface area contributed by atoms with Crippen LogP contribution in [0.5, 0.6) is 0 Å². The minimum absolute atomic E-state index is 0.120. The van der Waals surface area contributed by atoms with Gasteiger partial charge in [0.05, 0.1) is 5.75 Å². The summed E-state index contributed by atoms with van der Waals surface area (Å²) in [6.45, 7) is 0.120. The van der Waals surface area contributed by atoms with Crippen molar-refractivity contribution in [2.75, 3.05) is 5.75 Å². The highest BCUT2D eigenvalue weighted by Gasteiger charge is 2.32. The lowest BCUT2D eigenvalue weighted by molar-refractivity contribution is -0.139. The molecule has 39 heavy (non-hydrogen) atoms. The van der Waals surface area contributed by atoms with E-state index in [0.717, 1.165) is 36.8 Å². The van der Waals surface area contributed by atoms with Crippen molar-refractivity contribution in [3.05, 3.63) is 104 Å². The van der Waals surface area contributed by atoms with Crippen LogP contribution >= 0.6 is 58.2 Å². The smallest absolute Gasteiger partial charge is 0.243 e. The number of hydrogen-bond donors (Lipinski definition) is 1. The van der Waals surface area contributed by atoms with Crippen LogP contribution in [0, 0.1) is 0 Å². The number of nitrogens with zero attached hydrogens (tertiary/aromatic N) is 1. The molecule has 4 rings (SSSR count).